The minimum atomic E-state index is -3.11. The Bertz CT molecular complexity index is 1110. The quantitative estimate of drug-likeness (QED) is 0.746. The Morgan fingerprint density at radius 2 is 1.83 bits per heavy atom. The van der Waals surface area contributed by atoms with Crippen molar-refractivity contribution in [2.45, 2.75) is 26.4 Å². The molecule has 9 heteroatoms. The maximum atomic E-state index is 12.8. The molecule has 1 aromatic heterocycles. The number of pyridine rings is 1. The van der Waals surface area contributed by atoms with Gasteiger partial charge in [-0.25, -0.2) is 8.42 Å². The Kier molecular flexibility index (Phi) is 6.40. The first kappa shape index (κ1) is 21.8. The molecule has 1 aliphatic heterocycles. The van der Waals surface area contributed by atoms with Gasteiger partial charge >= 0.3 is 0 Å². The number of hydrogen-bond donors (Lipinski definition) is 1. The van der Waals surface area contributed by atoms with E-state index < -0.39 is 27.3 Å². The number of rotatable bonds is 5. The van der Waals surface area contributed by atoms with E-state index in [-0.39, 0.29) is 36.1 Å². The summed E-state index contributed by atoms with van der Waals surface area (Å²) in [5, 5.41) is 2.56. The maximum absolute atomic E-state index is 12.8. The summed E-state index contributed by atoms with van der Waals surface area (Å²) in [6.45, 7) is 4.04. The highest BCUT2D eigenvalue weighted by Crippen LogP contribution is 2.07. The van der Waals surface area contributed by atoms with Crippen molar-refractivity contribution in [1.29, 1.82) is 0 Å². The van der Waals surface area contributed by atoms with Crippen molar-refractivity contribution in [3.05, 3.63) is 69.6 Å². The van der Waals surface area contributed by atoms with E-state index in [4.69, 9.17) is 0 Å². The van der Waals surface area contributed by atoms with Gasteiger partial charge in [0.1, 0.15) is 11.6 Å². The summed E-state index contributed by atoms with van der Waals surface area (Å²) in [6.07, 6.45) is 1.62. The van der Waals surface area contributed by atoms with Crippen molar-refractivity contribution in [1.82, 2.24) is 14.8 Å². The first-order chi connectivity index (χ1) is 14.2. The number of amides is 2. The van der Waals surface area contributed by atoms with Crippen molar-refractivity contribution in [3.8, 4) is 0 Å². The number of sulfone groups is 1. The zero-order valence-electron chi connectivity index (χ0n) is 17.0. The number of carbonyl (C=O) groups excluding carboxylic acids is 2. The monoisotopic (exact) mass is 431 g/mol. The third-order valence-electron chi connectivity index (χ3n) is 5.07. The predicted octanol–water partition coefficient (Wildman–Crippen LogP) is 0.580. The van der Waals surface area contributed by atoms with Crippen LogP contribution in [0.1, 0.15) is 28.4 Å². The molecule has 2 heterocycles. The van der Waals surface area contributed by atoms with Gasteiger partial charge in [-0.15, -0.1) is 0 Å². The van der Waals surface area contributed by atoms with E-state index in [0.29, 0.717) is 6.54 Å². The highest BCUT2D eigenvalue weighted by Gasteiger charge is 2.29. The molecule has 0 radical (unpaired) electrons. The number of nitrogens with one attached hydrogen (secondary N) is 1. The zero-order valence-corrected chi connectivity index (χ0v) is 17.8. The molecule has 1 fully saturated rings. The summed E-state index contributed by atoms with van der Waals surface area (Å²) in [5.41, 5.74) is 1.52. The van der Waals surface area contributed by atoms with Crippen molar-refractivity contribution < 1.29 is 18.0 Å². The molecule has 1 unspecified atom stereocenters. The molecule has 160 valence electrons. The Hall–Kier alpha value is -2.94. The van der Waals surface area contributed by atoms with Crippen LogP contribution < -0.4 is 10.9 Å². The predicted molar refractivity (Wildman–Crippen MR) is 113 cm³/mol. The van der Waals surface area contributed by atoms with E-state index in [0.717, 1.165) is 11.1 Å². The summed E-state index contributed by atoms with van der Waals surface area (Å²) in [5.74, 6) is -1.16. The molecule has 1 atom stereocenters. The second kappa shape index (κ2) is 8.83. The van der Waals surface area contributed by atoms with Crippen LogP contribution in [0, 0.1) is 6.92 Å². The molecule has 2 amide bonds. The smallest absolute Gasteiger partial charge is 0.263 e. The van der Waals surface area contributed by atoms with E-state index in [1.54, 1.807) is 12.3 Å². The number of hydrogen-bond acceptors (Lipinski definition) is 5. The van der Waals surface area contributed by atoms with Crippen LogP contribution in [0.5, 0.6) is 0 Å². The molecule has 0 bridgehead atoms. The van der Waals surface area contributed by atoms with E-state index in [1.807, 2.05) is 31.2 Å². The van der Waals surface area contributed by atoms with Crippen LogP contribution >= 0.6 is 0 Å². The minimum Gasteiger partial charge on any atom is -0.340 e. The van der Waals surface area contributed by atoms with Gasteiger partial charge in [-0.2, -0.15) is 0 Å². The Balaban J connectivity index is 1.69. The summed E-state index contributed by atoms with van der Waals surface area (Å²) in [6, 6.07) is 9.92. The van der Waals surface area contributed by atoms with Crippen molar-refractivity contribution in [2.24, 2.45) is 0 Å². The van der Waals surface area contributed by atoms with E-state index >= 15 is 0 Å². The van der Waals surface area contributed by atoms with Crippen molar-refractivity contribution >= 4 is 21.7 Å². The fourth-order valence-corrected chi connectivity index (χ4v) is 4.59. The van der Waals surface area contributed by atoms with Gasteiger partial charge < -0.3 is 14.8 Å². The van der Waals surface area contributed by atoms with Crippen LogP contribution in [-0.4, -0.2) is 60.3 Å². The van der Waals surface area contributed by atoms with Crippen LogP contribution in [0.4, 0.5) is 0 Å². The third kappa shape index (κ3) is 5.15. The van der Waals surface area contributed by atoms with Crippen molar-refractivity contribution in [3.63, 3.8) is 0 Å². The number of benzene rings is 1. The first-order valence-electron chi connectivity index (χ1n) is 9.71. The van der Waals surface area contributed by atoms with Gasteiger partial charge in [-0.05, 0) is 31.5 Å². The lowest BCUT2D eigenvalue weighted by Crippen LogP contribution is -2.52. The Labute approximate surface area is 175 Å². The first-order valence-corrected chi connectivity index (χ1v) is 11.5. The van der Waals surface area contributed by atoms with Gasteiger partial charge in [-0.1, -0.05) is 29.8 Å². The summed E-state index contributed by atoms with van der Waals surface area (Å²) >= 11 is 0. The summed E-state index contributed by atoms with van der Waals surface area (Å²) in [4.78, 5) is 39.4. The molecule has 3 rings (SSSR count). The normalized spacial score (nSPS) is 16.7. The van der Waals surface area contributed by atoms with Crippen LogP contribution in [-0.2, 0) is 21.2 Å². The fourth-order valence-electron chi connectivity index (χ4n) is 3.38. The molecule has 0 aliphatic carbocycles. The molecule has 30 heavy (non-hydrogen) atoms. The van der Waals surface area contributed by atoms with Gasteiger partial charge in [-0.3, -0.25) is 14.4 Å². The lowest BCUT2D eigenvalue weighted by Gasteiger charge is -2.29. The van der Waals surface area contributed by atoms with Gasteiger partial charge in [0.15, 0.2) is 9.84 Å². The number of aromatic nitrogens is 1. The molecule has 1 N–H and O–H groups in total. The molecule has 2 aromatic rings. The van der Waals surface area contributed by atoms with Gasteiger partial charge in [0.2, 0.25) is 5.91 Å². The molecule has 1 aromatic carbocycles. The summed E-state index contributed by atoms with van der Waals surface area (Å²) < 4.78 is 24.5. The zero-order chi connectivity index (χ0) is 21.9. The van der Waals surface area contributed by atoms with Crippen LogP contribution in [0.2, 0.25) is 0 Å². The number of carbonyl (C=O) groups is 2. The highest BCUT2D eigenvalue weighted by atomic mass is 32.2. The average Bonchev–Trinajstić information content (AvgIpc) is 2.69. The molecule has 1 saturated heterocycles. The van der Waals surface area contributed by atoms with E-state index in [9.17, 15) is 22.8 Å². The van der Waals surface area contributed by atoms with Gasteiger partial charge in [0.25, 0.3) is 11.5 Å². The average molecular weight is 432 g/mol. The highest BCUT2D eigenvalue weighted by molar-refractivity contribution is 7.91. The topological polar surface area (TPSA) is 106 Å². The van der Waals surface area contributed by atoms with Gasteiger partial charge in [0, 0.05) is 19.3 Å². The maximum Gasteiger partial charge on any atom is 0.263 e. The molecular formula is C21H25N3O5S. The second-order valence-corrected chi connectivity index (χ2v) is 9.82. The van der Waals surface area contributed by atoms with Crippen LogP contribution in [0.15, 0.2) is 47.4 Å². The van der Waals surface area contributed by atoms with E-state index in [1.165, 1.54) is 22.5 Å². The standard InChI is InChI=1S/C21H25N3O5S/c1-15-5-3-6-17(13-15)14-24-8-4-7-18(21(24)27)19(25)22-16(2)20(26)23-9-11-30(28,29)12-10-23/h3-8,13,16H,9-12,14H2,1-2H3,(H,22,25). The number of aryl methyl sites for hydroxylation is 1. The van der Waals surface area contributed by atoms with E-state index in [2.05, 4.69) is 5.32 Å². The molecular weight excluding hydrogens is 406 g/mol. The lowest BCUT2D eigenvalue weighted by molar-refractivity contribution is -0.132. The summed E-state index contributed by atoms with van der Waals surface area (Å²) in [7, 11) is -3.11. The SMILES string of the molecule is Cc1cccc(Cn2cccc(C(=O)NC(C)C(=O)N3CCS(=O)(=O)CC3)c2=O)c1. The molecule has 8 nitrogen and oxygen atoms in total. The molecule has 0 spiro atoms. The Morgan fingerprint density at radius 3 is 2.50 bits per heavy atom. The van der Waals surface area contributed by atoms with Gasteiger partial charge in [0.05, 0.1) is 18.1 Å². The van der Waals surface area contributed by atoms with Crippen LogP contribution in [0.3, 0.4) is 0 Å². The minimum absolute atomic E-state index is 0.0500. The van der Waals surface area contributed by atoms with Crippen molar-refractivity contribution in [2.75, 3.05) is 24.6 Å². The Morgan fingerprint density at radius 1 is 1.13 bits per heavy atom. The molecule has 1 aliphatic rings. The largest absolute Gasteiger partial charge is 0.340 e. The molecule has 0 saturated carbocycles. The third-order valence-corrected chi connectivity index (χ3v) is 6.68. The second-order valence-electron chi connectivity index (χ2n) is 7.52. The fraction of sp³-hybridized carbons (Fsp3) is 0.381. The number of nitrogens with zero attached hydrogens (tertiary/aromatic N) is 2. The van der Waals surface area contributed by atoms with Crippen LogP contribution in [0.25, 0.3) is 0 Å². The lowest BCUT2D eigenvalue weighted by atomic mass is 10.1.